The van der Waals surface area contributed by atoms with Gasteiger partial charge in [-0.2, -0.15) is 5.26 Å². The summed E-state index contributed by atoms with van der Waals surface area (Å²) in [7, 11) is 0. The van der Waals surface area contributed by atoms with Gasteiger partial charge in [-0.15, -0.1) is 0 Å². The highest BCUT2D eigenvalue weighted by molar-refractivity contribution is 5.97. The Labute approximate surface area is 261 Å². The molecule has 1 aromatic heterocycles. The van der Waals surface area contributed by atoms with Crippen LogP contribution in [-0.4, -0.2) is 0 Å². The van der Waals surface area contributed by atoms with E-state index in [9.17, 15) is 10.1 Å². The van der Waals surface area contributed by atoms with Crippen LogP contribution in [0.25, 0.3) is 44.2 Å². The van der Waals surface area contributed by atoms with Gasteiger partial charge in [0.15, 0.2) is 0 Å². The first-order valence-corrected chi connectivity index (χ1v) is 15.0. The van der Waals surface area contributed by atoms with E-state index in [2.05, 4.69) is 91.5 Å². The van der Waals surface area contributed by atoms with Gasteiger partial charge in [-0.3, -0.25) is 4.79 Å². The van der Waals surface area contributed by atoms with E-state index in [0.29, 0.717) is 27.5 Å². The molecular weight excluding hydrogens is 552 g/mol. The average molecular weight is 581 g/mol. The highest BCUT2D eigenvalue weighted by Crippen LogP contribution is 2.51. The maximum absolute atomic E-state index is 13.9. The number of rotatable bonds is 4. The molecule has 0 fully saturated rings. The van der Waals surface area contributed by atoms with Crippen LogP contribution >= 0.6 is 0 Å². The van der Waals surface area contributed by atoms with Crippen molar-refractivity contribution in [3.05, 3.63) is 160 Å². The van der Waals surface area contributed by atoms with Crippen LogP contribution in [0.15, 0.2) is 143 Å². The molecule has 0 saturated carbocycles. The van der Waals surface area contributed by atoms with Crippen molar-refractivity contribution in [2.24, 2.45) is 0 Å². The standard InChI is InChI=1S/C41H28N2O2/c1-41(2)36-22-30(43(28-12-5-3-6-13-28)29-14-7-4-8-15-29)18-20-32(36)34-24-39-35(23-37(34)41)40(44)33-19-17-26(21-38(33)45-39)31-16-10-9-11-27(31)25-42/h3-24H,1-2H3. The van der Waals surface area contributed by atoms with E-state index >= 15 is 0 Å². The van der Waals surface area contributed by atoms with Crippen molar-refractivity contribution in [1.29, 1.82) is 5.26 Å². The van der Waals surface area contributed by atoms with Crippen LogP contribution in [-0.2, 0) is 5.41 Å². The molecular formula is C41H28N2O2. The summed E-state index contributed by atoms with van der Waals surface area (Å²) < 4.78 is 6.46. The molecule has 6 aromatic carbocycles. The van der Waals surface area contributed by atoms with Gasteiger partial charge in [0.05, 0.1) is 22.4 Å². The fraction of sp³-hybridized carbons (Fsp3) is 0.0732. The number of anilines is 3. The fourth-order valence-corrected chi connectivity index (χ4v) is 6.81. The van der Waals surface area contributed by atoms with Crippen molar-refractivity contribution < 1.29 is 4.42 Å². The smallest absolute Gasteiger partial charge is 0.200 e. The summed E-state index contributed by atoms with van der Waals surface area (Å²) in [6, 6.07) is 46.8. The van der Waals surface area contributed by atoms with E-state index in [-0.39, 0.29) is 10.8 Å². The summed E-state index contributed by atoms with van der Waals surface area (Å²) in [6.07, 6.45) is 0. The summed E-state index contributed by atoms with van der Waals surface area (Å²) in [5.74, 6) is 0. The number of hydrogen-bond acceptors (Lipinski definition) is 4. The topological polar surface area (TPSA) is 57.2 Å². The van der Waals surface area contributed by atoms with Crippen molar-refractivity contribution in [3.63, 3.8) is 0 Å². The molecule has 45 heavy (non-hydrogen) atoms. The SMILES string of the molecule is CC1(C)c2cc(N(c3ccccc3)c3ccccc3)ccc2-c2cc3oc4cc(-c5ccccc5C#N)ccc4c(=O)c3cc21. The summed E-state index contributed by atoms with van der Waals surface area (Å²) in [5.41, 5.74) is 10.7. The van der Waals surface area contributed by atoms with Crippen molar-refractivity contribution in [2.45, 2.75) is 19.3 Å². The molecule has 0 amide bonds. The lowest BCUT2D eigenvalue weighted by atomic mass is 9.82. The molecule has 4 nitrogen and oxygen atoms in total. The van der Waals surface area contributed by atoms with Gasteiger partial charge in [0.25, 0.3) is 0 Å². The average Bonchev–Trinajstić information content (AvgIpc) is 3.30. The highest BCUT2D eigenvalue weighted by Gasteiger charge is 2.37. The highest BCUT2D eigenvalue weighted by atomic mass is 16.3. The zero-order valence-electron chi connectivity index (χ0n) is 24.9. The van der Waals surface area contributed by atoms with E-state index in [1.54, 1.807) is 6.07 Å². The summed E-state index contributed by atoms with van der Waals surface area (Å²) in [4.78, 5) is 16.2. The molecule has 0 atom stereocenters. The molecule has 0 unspecified atom stereocenters. The summed E-state index contributed by atoms with van der Waals surface area (Å²) in [6.45, 7) is 4.45. The van der Waals surface area contributed by atoms with Gasteiger partial charge in [-0.25, -0.2) is 0 Å². The maximum atomic E-state index is 13.9. The number of fused-ring (bicyclic) bond motifs is 5. The van der Waals surface area contributed by atoms with Crippen molar-refractivity contribution >= 4 is 39.0 Å². The monoisotopic (exact) mass is 580 g/mol. The van der Waals surface area contributed by atoms with Gasteiger partial charge in [0.2, 0.25) is 5.43 Å². The zero-order chi connectivity index (χ0) is 30.7. The predicted molar refractivity (Wildman–Crippen MR) is 182 cm³/mol. The van der Waals surface area contributed by atoms with Gasteiger partial charge < -0.3 is 9.32 Å². The Morgan fingerprint density at radius 1 is 0.600 bits per heavy atom. The molecule has 214 valence electrons. The van der Waals surface area contributed by atoms with Gasteiger partial charge in [-0.05, 0) is 100 Å². The molecule has 0 spiro atoms. The lowest BCUT2D eigenvalue weighted by molar-refractivity contribution is 0.652. The minimum atomic E-state index is -0.333. The van der Waals surface area contributed by atoms with Crippen molar-refractivity contribution in [1.82, 2.24) is 0 Å². The zero-order valence-corrected chi connectivity index (χ0v) is 24.9. The molecule has 0 N–H and O–H groups in total. The molecule has 0 aliphatic heterocycles. The molecule has 4 heteroatoms. The van der Waals surface area contributed by atoms with Crippen LogP contribution in [0.1, 0.15) is 30.5 Å². The maximum Gasteiger partial charge on any atom is 0.200 e. The van der Waals surface area contributed by atoms with Gasteiger partial charge in [0.1, 0.15) is 11.2 Å². The number of hydrogen-bond donors (Lipinski definition) is 0. The molecule has 0 bridgehead atoms. The molecule has 0 saturated heterocycles. The fourth-order valence-electron chi connectivity index (χ4n) is 6.81. The number of benzene rings is 6. The third kappa shape index (κ3) is 4.17. The number of nitrogens with zero attached hydrogens (tertiary/aromatic N) is 2. The van der Waals surface area contributed by atoms with Crippen LogP contribution in [0.5, 0.6) is 0 Å². The van der Waals surface area contributed by atoms with Crippen molar-refractivity contribution in [2.75, 3.05) is 4.90 Å². The second kappa shape index (κ2) is 10.1. The van der Waals surface area contributed by atoms with E-state index in [4.69, 9.17) is 4.42 Å². The quantitative estimate of drug-likeness (QED) is 0.194. The van der Waals surface area contributed by atoms with Gasteiger partial charge in [0, 0.05) is 22.5 Å². The minimum Gasteiger partial charge on any atom is -0.456 e. The first kappa shape index (κ1) is 26.7. The van der Waals surface area contributed by atoms with Crippen LogP contribution in [0.4, 0.5) is 17.1 Å². The van der Waals surface area contributed by atoms with Crippen molar-refractivity contribution in [3.8, 4) is 28.3 Å². The minimum absolute atomic E-state index is 0.0547. The normalized spacial score (nSPS) is 12.9. The molecule has 8 rings (SSSR count). The molecule has 0 radical (unpaired) electrons. The Kier molecular flexibility index (Phi) is 5.98. The Bertz CT molecular complexity index is 2340. The van der Waals surface area contributed by atoms with E-state index in [1.807, 2.05) is 60.7 Å². The van der Waals surface area contributed by atoms with E-state index < -0.39 is 0 Å². The predicted octanol–water partition coefficient (Wildman–Crippen LogP) is 10.3. The number of para-hydroxylation sites is 2. The van der Waals surface area contributed by atoms with E-state index in [1.165, 1.54) is 5.56 Å². The Morgan fingerprint density at radius 3 is 1.96 bits per heavy atom. The first-order valence-electron chi connectivity index (χ1n) is 15.0. The molecule has 1 aliphatic carbocycles. The molecule has 1 aliphatic rings. The van der Waals surface area contributed by atoms with E-state index in [0.717, 1.165) is 44.9 Å². The Hall–Kier alpha value is -5.92. The second-order valence-electron chi connectivity index (χ2n) is 12.1. The largest absolute Gasteiger partial charge is 0.456 e. The third-order valence-corrected chi connectivity index (χ3v) is 9.10. The van der Waals surface area contributed by atoms with Crippen LogP contribution < -0.4 is 10.3 Å². The Morgan fingerprint density at radius 2 is 1.24 bits per heavy atom. The summed E-state index contributed by atoms with van der Waals surface area (Å²) in [5, 5.41) is 10.7. The van der Waals surface area contributed by atoms with Crippen LogP contribution in [0, 0.1) is 11.3 Å². The summed E-state index contributed by atoms with van der Waals surface area (Å²) >= 11 is 0. The second-order valence-corrected chi connectivity index (χ2v) is 12.1. The molecule has 1 heterocycles. The van der Waals surface area contributed by atoms with Gasteiger partial charge in [-0.1, -0.05) is 80.6 Å². The lowest BCUT2D eigenvalue weighted by Gasteiger charge is -2.28. The first-order chi connectivity index (χ1) is 21.9. The lowest BCUT2D eigenvalue weighted by Crippen LogP contribution is -2.17. The molecule has 7 aromatic rings. The van der Waals surface area contributed by atoms with Crippen LogP contribution in [0.3, 0.4) is 0 Å². The van der Waals surface area contributed by atoms with Gasteiger partial charge >= 0.3 is 0 Å². The third-order valence-electron chi connectivity index (χ3n) is 9.10. The number of nitriles is 1. The van der Waals surface area contributed by atoms with Crippen LogP contribution in [0.2, 0.25) is 0 Å². The Balaban J connectivity index is 1.29.